The summed E-state index contributed by atoms with van der Waals surface area (Å²) in [7, 11) is 2.01. The molecule has 1 aromatic carbocycles. The number of amides is 1. The number of aryl methyl sites for hydroxylation is 1. The predicted octanol–water partition coefficient (Wildman–Crippen LogP) is 4.42. The van der Waals surface area contributed by atoms with Crippen LogP contribution in [0.2, 0.25) is 0 Å². The van der Waals surface area contributed by atoms with Crippen molar-refractivity contribution in [2.24, 2.45) is 18.4 Å². The van der Waals surface area contributed by atoms with Gasteiger partial charge in [-0.2, -0.15) is 0 Å². The Morgan fingerprint density at radius 1 is 1.19 bits per heavy atom. The molecule has 2 aromatic heterocycles. The normalized spacial score (nSPS) is 15.8. The van der Waals surface area contributed by atoms with Gasteiger partial charge in [-0.05, 0) is 37.3 Å². The number of likely N-dealkylation sites (tertiary alicyclic amines) is 1. The molecule has 0 aliphatic carbocycles. The fourth-order valence-electron chi connectivity index (χ4n) is 4.34. The Hall–Kier alpha value is -2.99. The Labute approximate surface area is 184 Å². The zero-order chi connectivity index (χ0) is 22.3. The standard InChI is InChI=1S/C25H31N5O/c1-16(2)13-30-14-25(15-30,17(3)4)24(31)28-23-10-21-9-19(7-8-20(21)11-27-23)22-12-26-18(5)29(22)6/h7-12,16H,3,13-15H2,1-2,4-6H3,(H,27,28,31). The van der Waals surface area contributed by atoms with Crippen LogP contribution in [0.25, 0.3) is 22.0 Å². The van der Waals surface area contributed by atoms with Gasteiger partial charge >= 0.3 is 0 Å². The van der Waals surface area contributed by atoms with Crippen molar-refractivity contribution in [3.8, 4) is 11.3 Å². The SMILES string of the molecule is C=C(C)C1(C(=O)Nc2cc3cc(-c4cnc(C)n4C)ccc3cn2)CN(CC(C)C)C1. The molecule has 0 saturated carbocycles. The van der Waals surface area contributed by atoms with Gasteiger partial charge in [-0.15, -0.1) is 0 Å². The molecule has 1 saturated heterocycles. The molecule has 1 aliphatic heterocycles. The minimum Gasteiger partial charge on any atom is -0.331 e. The fraction of sp³-hybridized carbons (Fsp3) is 0.400. The van der Waals surface area contributed by atoms with Crippen molar-refractivity contribution in [3.05, 3.63) is 54.6 Å². The van der Waals surface area contributed by atoms with Crippen LogP contribution in [0, 0.1) is 18.3 Å². The first-order valence-corrected chi connectivity index (χ1v) is 10.8. The molecule has 0 spiro atoms. The lowest BCUT2D eigenvalue weighted by Gasteiger charge is -2.50. The minimum absolute atomic E-state index is 0.0229. The van der Waals surface area contributed by atoms with Crippen LogP contribution in [0.15, 0.2) is 48.8 Å². The van der Waals surface area contributed by atoms with E-state index in [0.717, 1.165) is 40.0 Å². The number of hydrogen-bond acceptors (Lipinski definition) is 4. The third kappa shape index (κ3) is 3.88. The summed E-state index contributed by atoms with van der Waals surface area (Å²) in [5, 5.41) is 5.11. The lowest BCUT2D eigenvalue weighted by atomic mass is 9.73. The minimum atomic E-state index is -0.542. The van der Waals surface area contributed by atoms with Crippen molar-refractivity contribution >= 4 is 22.5 Å². The van der Waals surface area contributed by atoms with Gasteiger partial charge in [0.15, 0.2) is 0 Å². The van der Waals surface area contributed by atoms with Gasteiger partial charge in [-0.3, -0.25) is 4.79 Å². The number of hydrogen-bond donors (Lipinski definition) is 1. The highest BCUT2D eigenvalue weighted by atomic mass is 16.2. The fourth-order valence-corrected chi connectivity index (χ4v) is 4.34. The number of aromatic nitrogens is 3. The number of nitrogens with one attached hydrogen (secondary N) is 1. The molecule has 0 atom stereocenters. The van der Waals surface area contributed by atoms with Gasteiger partial charge < -0.3 is 14.8 Å². The smallest absolute Gasteiger partial charge is 0.238 e. The quantitative estimate of drug-likeness (QED) is 0.603. The number of imidazole rings is 1. The van der Waals surface area contributed by atoms with Crippen molar-refractivity contribution in [1.29, 1.82) is 0 Å². The van der Waals surface area contributed by atoms with Crippen LogP contribution in [0.4, 0.5) is 5.82 Å². The van der Waals surface area contributed by atoms with Crippen LogP contribution in [0.1, 0.15) is 26.6 Å². The number of rotatable bonds is 6. The predicted molar refractivity (Wildman–Crippen MR) is 126 cm³/mol. The van der Waals surface area contributed by atoms with E-state index < -0.39 is 5.41 Å². The maximum atomic E-state index is 13.2. The lowest BCUT2D eigenvalue weighted by molar-refractivity contribution is -0.132. The monoisotopic (exact) mass is 417 g/mol. The average molecular weight is 418 g/mol. The largest absolute Gasteiger partial charge is 0.331 e. The molecule has 4 rings (SSSR count). The summed E-state index contributed by atoms with van der Waals surface area (Å²) < 4.78 is 2.07. The van der Waals surface area contributed by atoms with Crippen LogP contribution in [0.5, 0.6) is 0 Å². The molecular formula is C25H31N5O. The highest BCUT2D eigenvalue weighted by Crippen LogP contribution is 2.38. The highest BCUT2D eigenvalue weighted by Gasteiger charge is 2.49. The molecule has 162 valence electrons. The summed E-state index contributed by atoms with van der Waals surface area (Å²) in [4.78, 5) is 24.4. The Bertz CT molecular complexity index is 1150. The van der Waals surface area contributed by atoms with Crippen molar-refractivity contribution in [1.82, 2.24) is 19.4 Å². The van der Waals surface area contributed by atoms with E-state index in [1.54, 1.807) is 0 Å². The lowest BCUT2D eigenvalue weighted by Crippen LogP contribution is -2.62. The summed E-state index contributed by atoms with van der Waals surface area (Å²) >= 11 is 0. The Morgan fingerprint density at radius 3 is 2.55 bits per heavy atom. The number of carbonyl (C=O) groups excluding carboxylic acids is 1. The molecule has 0 unspecified atom stereocenters. The number of fused-ring (bicyclic) bond motifs is 1. The maximum absolute atomic E-state index is 13.2. The first-order valence-electron chi connectivity index (χ1n) is 10.8. The van der Waals surface area contributed by atoms with Gasteiger partial charge in [-0.1, -0.05) is 38.1 Å². The molecule has 1 fully saturated rings. The van der Waals surface area contributed by atoms with Crippen molar-refractivity contribution in [2.45, 2.75) is 27.7 Å². The van der Waals surface area contributed by atoms with Crippen LogP contribution in [0.3, 0.4) is 0 Å². The van der Waals surface area contributed by atoms with E-state index in [2.05, 4.69) is 63.4 Å². The van der Waals surface area contributed by atoms with Gasteiger partial charge in [0.25, 0.3) is 0 Å². The topological polar surface area (TPSA) is 63.1 Å². The highest BCUT2D eigenvalue weighted by molar-refractivity contribution is 5.99. The van der Waals surface area contributed by atoms with E-state index in [1.807, 2.05) is 39.4 Å². The summed E-state index contributed by atoms with van der Waals surface area (Å²) in [6, 6.07) is 8.19. The van der Waals surface area contributed by atoms with E-state index in [9.17, 15) is 4.79 Å². The third-order valence-electron chi connectivity index (χ3n) is 6.34. The molecule has 0 radical (unpaired) electrons. The van der Waals surface area contributed by atoms with E-state index >= 15 is 0 Å². The second-order valence-corrected chi connectivity index (χ2v) is 9.26. The second kappa shape index (κ2) is 7.93. The molecular weight excluding hydrogens is 386 g/mol. The number of benzene rings is 1. The summed E-state index contributed by atoms with van der Waals surface area (Å²) in [5.41, 5.74) is 2.50. The van der Waals surface area contributed by atoms with Crippen molar-refractivity contribution < 1.29 is 4.79 Å². The number of anilines is 1. The number of nitrogens with zero attached hydrogens (tertiary/aromatic N) is 4. The summed E-state index contributed by atoms with van der Waals surface area (Å²) in [6.07, 6.45) is 3.69. The second-order valence-electron chi connectivity index (χ2n) is 9.26. The molecule has 1 amide bonds. The molecule has 6 heteroatoms. The van der Waals surface area contributed by atoms with Gasteiger partial charge in [0.05, 0.1) is 17.3 Å². The van der Waals surface area contributed by atoms with E-state index in [4.69, 9.17) is 0 Å². The number of pyridine rings is 1. The van der Waals surface area contributed by atoms with E-state index in [1.165, 1.54) is 0 Å². The van der Waals surface area contributed by atoms with Crippen LogP contribution in [-0.2, 0) is 11.8 Å². The molecule has 3 heterocycles. The molecule has 31 heavy (non-hydrogen) atoms. The van der Waals surface area contributed by atoms with Crippen LogP contribution >= 0.6 is 0 Å². The Kier molecular flexibility index (Phi) is 5.43. The molecule has 1 aliphatic rings. The van der Waals surface area contributed by atoms with Gasteiger partial charge in [-0.25, -0.2) is 9.97 Å². The molecule has 1 N–H and O–H groups in total. The molecule has 0 bridgehead atoms. The van der Waals surface area contributed by atoms with E-state index in [-0.39, 0.29) is 5.91 Å². The Balaban J connectivity index is 1.57. The van der Waals surface area contributed by atoms with Crippen LogP contribution < -0.4 is 5.32 Å². The first-order chi connectivity index (χ1) is 14.7. The number of carbonyl (C=O) groups is 1. The van der Waals surface area contributed by atoms with Crippen molar-refractivity contribution in [2.75, 3.05) is 25.0 Å². The summed E-state index contributed by atoms with van der Waals surface area (Å²) in [6.45, 7) is 14.9. The van der Waals surface area contributed by atoms with Gasteiger partial charge in [0.2, 0.25) is 5.91 Å². The van der Waals surface area contributed by atoms with Crippen molar-refractivity contribution in [3.63, 3.8) is 0 Å². The summed E-state index contributed by atoms with van der Waals surface area (Å²) in [5.74, 6) is 2.09. The third-order valence-corrected chi connectivity index (χ3v) is 6.34. The molecule has 3 aromatic rings. The first kappa shape index (κ1) is 21.2. The maximum Gasteiger partial charge on any atom is 0.238 e. The zero-order valence-corrected chi connectivity index (χ0v) is 19.1. The van der Waals surface area contributed by atoms with Gasteiger partial charge in [0.1, 0.15) is 11.6 Å². The zero-order valence-electron chi connectivity index (χ0n) is 19.1. The van der Waals surface area contributed by atoms with E-state index in [0.29, 0.717) is 24.8 Å². The van der Waals surface area contributed by atoms with Gasteiger partial charge in [0, 0.05) is 43.8 Å². The van der Waals surface area contributed by atoms with Crippen LogP contribution in [-0.4, -0.2) is 45.0 Å². The molecule has 6 nitrogen and oxygen atoms in total. The Morgan fingerprint density at radius 2 is 1.94 bits per heavy atom. The average Bonchev–Trinajstić information content (AvgIpc) is 3.01.